The Morgan fingerprint density at radius 3 is 2.29 bits per heavy atom. The first-order chi connectivity index (χ1) is 17.0. The van der Waals surface area contributed by atoms with Crippen LogP contribution in [0.25, 0.3) is 11.4 Å². The number of carboxylic acids is 1. The number of imidazole rings is 1. The summed E-state index contributed by atoms with van der Waals surface area (Å²) in [4.78, 5) is 18.6. The number of carboxylic acid groups (broad SMARTS) is 1. The maximum atomic E-state index is 11.5. The Balaban J connectivity index is 1.66. The van der Waals surface area contributed by atoms with Crippen molar-refractivity contribution in [2.45, 2.75) is 45.9 Å². The van der Waals surface area contributed by atoms with Crippen molar-refractivity contribution >= 4 is 5.97 Å². The van der Waals surface area contributed by atoms with Crippen molar-refractivity contribution in [3.8, 4) is 17.1 Å². The zero-order valence-corrected chi connectivity index (χ0v) is 20.0. The molecule has 35 heavy (non-hydrogen) atoms. The molecule has 4 rings (SSSR count). The summed E-state index contributed by atoms with van der Waals surface area (Å²) in [6.45, 7) is 4.96. The van der Waals surface area contributed by atoms with Gasteiger partial charge in [0.1, 0.15) is 17.1 Å². The summed E-state index contributed by atoms with van der Waals surface area (Å²) in [6.07, 6.45) is 4.10. The van der Waals surface area contributed by atoms with Crippen LogP contribution in [0.2, 0.25) is 0 Å². The van der Waals surface area contributed by atoms with E-state index in [1.165, 1.54) is 11.6 Å². The predicted octanol–water partition coefficient (Wildman–Crippen LogP) is 5.96. The molecule has 0 saturated carbocycles. The molecule has 3 aromatic carbocycles. The molecule has 0 aliphatic heterocycles. The van der Waals surface area contributed by atoms with Crippen LogP contribution in [0.15, 0.2) is 85.1 Å². The third-order valence-electron chi connectivity index (χ3n) is 6.04. The minimum Gasteiger partial charge on any atom is -0.507 e. The lowest BCUT2D eigenvalue weighted by molar-refractivity contribution is 0.0693. The Morgan fingerprint density at radius 1 is 0.914 bits per heavy atom. The molecule has 0 unspecified atom stereocenters. The maximum absolute atomic E-state index is 11.5. The Kier molecular flexibility index (Phi) is 7.95. The van der Waals surface area contributed by atoms with Crippen LogP contribution in [0.3, 0.4) is 0 Å². The summed E-state index contributed by atoms with van der Waals surface area (Å²) >= 11 is 0. The number of hydrogen-bond donors (Lipinski definition) is 2. The van der Waals surface area contributed by atoms with Gasteiger partial charge in [0, 0.05) is 31.7 Å². The molecule has 1 heterocycles. The van der Waals surface area contributed by atoms with Gasteiger partial charge in [0.05, 0.1) is 11.9 Å². The molecule has 6 nitrogen and oxygen atoms in total. The van der Waals surface area contributed by atoms with Crippen molar-refractivity contribution in [2.75, 3.05) is 0 Å². The minimum absolute atomic E-state index is 0.0819. The Hall–Kier alpha value is -3.90. The predicted molar refractivity (Wildman–Crippen MR) is 137 cm³/mol. The fourth-order valence-corrected chi connectivity index (χ4v) is 4.27. The molecule has 6 heteroatoms. The van der Waals surface area contributed by atoms with Crippen LogP contribution in [0.4, 0.5) is 0 Å². The first-order valence-corrected chi connectivity index (χ1v) is 12.0. The minimum atomic E-state index is -1.14. The lowest BCUT2D eigenvalue weighted by atomic mass is 10.1. The van der Waals surface area contributed by atoms with Gasteiger partial charge in [-0.1, -0.05) is 80.1 Å². The van der Waals surface area contributed by atoms with E-state index in [0.717, 1.165) is 42.0 Å². The molecule has 0 spiro atoms. The summed E-state index contributed by atoms with van der Waals surface area (Å²) in [6, 6.07) is 25.3. The second kappa shape index (κ2) is 11.5. The zero-order valence-electron chi connectivity index (χ0n) is 20.0. The molecule has 2 N–H and O–H groups in total. The lowest BCUT2D eigenvalue weighted by Crippen LogP contribution is -2.24. The van der Waals surface area contributed by atoms with Crippen molar-refractivity contribution in [3.63, 3.8) is 0 Å². The molecule has 0 amide bonds. The number of phenols is 1. The van der Waals surface area contributed by atoms with E-state index in [-0.39, 0.29) is 11.3 Å². The smallest absolute Gasteiger partial charge is 0.339 e. The number of hydrogen-bond acceptors (Lipinski definition) is 4. The summed E-state index contributed by atoms with van der Waals surface area (Å²) in [5, 5.41) is 19.4. The van der Waals surface area contributed by atoms with Crippen LogP contribution in [-0.4, -0.2) is 30.6 Å². The van der Waals surface area contributed by atoms with Crippen LogP contribution in [0, 0.1) is 0 Å². The average molecular weight is 470 g/mol. The molecule has 0 saturated heterocycles. The molecule has 1 aromatic heterocycles. The Morgan fingerprint density at radius 2 is 1.60 bits per heavy atom. The molecule has 0 atom stereocenters. The van der Waals surface area contributed by atoms with Crippen molar-refractivity contribution in [2.24, 2.45) is 0 Å². The van der Waals surface area contributed by atoms with E-state index in [1.807, 2.05) is 42.6 Å². The summed E-state index contributed by atoms with van der Waals surface area (Å²) in [5.74, 6) is -0.392. The van der Waals surface area contributed by atoms with E-state index in [0.29, 0.717) is 19.6 Å². The van der Waals surface area contributed by atoms with Gasteiger partial charge >= 0.3 is 5.97 Å². The van der Waals surface area contributed by atoms with Crippen molar-refractivity contribution in [1.29, 1.82) is 0 Å². The molecular formula is C29H31N3O3. The highest BCUT2D eigenvalue weighted by molar-refractivity contribution is 5.90. The van der Waals surface area contributed by atoms with Gasteiger partial charge in [0.15, 0.2) is 0 Å². The quantitative estimate of drug-likeness (QED) is 0.284. The highest BCUT2D eigenvalue weighted by atomic mass is 16.4. The van der Waals surface area contributed by atoms with Crippen molar-refractivity contribution in [3.05, 3.63) is 107 Å². The number of aromatic nitrogens is 2. The molecule has 0 bridgehead atoms. The van der Waals surface area contributed by atoms with Gasteiger partial charge in [0.25, 0.3) is 0 Å². The summed E-state index contributed by atoms with van der Waals surface area (Å²) in [5.41, 5.74) is 4.13. The highest BCUT2D eigenvalue weighted by Crippen LogP contribution is 2.24. The highest BCUT2D eigenvalue weighted by Gasteiger charge is 2.17. The number of benzene rings is 3. The number of nitrogens with zero attached hydrogens (tertiary/aromatic N) is 3. The summed E-state index contributed by atoms with van der Waals surface area (Å²) < 4.78 is 2.30. The van der Waals surface area contributed by atoms with Crippen LogP contribution in [0.1, 0.15) is 46.9 Å². The maximum Gasteiger partial charge on any atom is 0.339 e. The number of carbonyl (C=O) groups is 1. The van der Waals surface area contributed by atoms with Gasteiger partial charge in [-0.05, 0) is 29.7 Å². The van der Waals surface area contributed by atoms with E-state index >= 15 is 0 Å². The first kappa shape index (κ1) is 24.2. The van der Waals surface area contributed by atoms with E-state index in [1.54, 1.807) is 12.1 Å². The zero-order chi connectivity index (χ0) is 24.6. The van der Waals surface area contributed by atoms with Gasteiger partial charge in [0.2, 0.25) is 0 Å². The van der Waals surface area contributed by atoms with Crippen molar-refractivity contribution in [1.82, 2.24) is 14.5 Å². The molecule has 4 aromatic rings. The molecule has 0 radical (unpaired) electrons. The third kappa shape index (κ3) is 6.16. The van der Waals surface area contributed by atoms with Crippen molar-refractivity contribution < 1.29 is 15.0 Å². The fraction of sp³-hybridized carbons (Fsp3) is 0.241. The van der Waals surface area contributed by atoms with E-state index in [9.17, 15) is 15.0 Å². The second-order valence-corrected chi connectivity index (χ2v) is 8.73. The molecular weight excluding hydrogens is 438 g/mol. The molecule has 0 fully saturated rings. The Labute approximate surface area is 206 Å². The van der Waals surface area contributed by atoms with Crippen LogP contribution < -0.4 is 0 Å². The van der Waals surface area contributed by atoms with Gasteiger partial charge in [-0.2, -0.15) is 0 Å². The topological polar surface area (TPSA) is 78.6 Å². The Bertz CT molecular complexity index is 1250. The first-order valence-electron chi connectivity index (χ1n) is 12.0. The normalized spacial score (nSPS) is 11.1. The lowest BCUT2D eigenvalue weighted by Gasteiger charge is -2.24. The fourth-order valence-electron chi connectivity index (χ4n) is 4.27. The molecule has 0 aliphatic rings. The standard InChI is InChI=1S/C29H31N3O3/c1-2-3-16-32-25(18-30-28(32)24-12-8-5-9-13-24)21-31(19-22-10-6-4-7-11-22)20-23-14-15-27(33)26(17-23)29(34)35/h4-15,17-18,33H,2-3,16,19-21H2,1H3,(H,34,35). The van der Waals surface area contributed by atoms with Gasteiger partial charge in [-0.15, -0.1) is 0 Å². The second-order valence-electron chi connectivity index (χ2n) is 8.73. The largest absolute Gasteiger partial charge is 0.507 e. The van der Waals surface area contributed by atoms with E-state index in [4.69, 9.17) is 4.98 Å². The number of aromatic hydroxyl groups is 1. The number of unbranched alkanes of at least 4 members (excludes halogenated alkanes) is 1. The number of rotatable bonds is 11. The van der Waals surface area contributed by atoms with Gasteiger partial charge < -0.3 is 14.8 Å². The summed E-state index contributed by atoms with van der Waals surface area (Å²) in [7, 11) is 0. The van der Waals surface area contributed by atoms with Crippen LogP contribution in [-0.2, 0) is 26.2 Å². The van der Waals surface area contributed by atoms with Crippen LogP contribution in [0.5, 0.6) is 5.75 Å². The SMILES string of the molecule is CCCCn1c(CN(Cc2ccccc2)Cc2ccc(O)c(C(=O)O)c2)cnc1-c1ccccc1. The molecule has 180 valence electrons. The van der Waals surface area contributed by atoms with Crippen LogP contribution >= 0.6 is 0 Å². The monoisotopic (exact) mass is 469 g/mol. The van der Waals surface area contributed by atoms with E-state index < -0.39 is 5.97 Å². The van der Waals surface area contributed by atoms with E-state index in [2.05, 4.69) is 40.7 Å². The van der Waals surface area contributed by atoms with Gasteiger partial charge in [-0.3, -0.25) is 4.90 Å². The number of aromatic carboxylic acids is 1. The van der Waals surface area contributed by atoms with Gasteiger partial charge in [-0.25, -0.2) is 9.78 Å². The third-order valence-corrected chi connectivity index (χ3v) is 6.04. The average Bonchev–Trinajstić information content (AvgIpc) is 3.27. The molecule has 0 aliphatic carbocycles.